The number of amides is 1. The Labute approximate surface area is 130 Å². The van der Waals surface area contributed by atoms with Gasteiger partial charge in [0.05, 0.1) is 19.2 Å². The molecule has 1 aliphatic rings. The van der Waals surface area contributed by atoms with Crippen LogP contribution in [0, 0.1) is 0 Å². The molecule has 4 nitrogen and oxygen atoms in total. The maximum atomic E-state index is 12.3. The van der Waals surface area contributed by atoms with Crippen LogP contribution in [0.4, 0.5) is 0 Å². The van der Waals surface area contributed by atoms with Crippen molar-refractivity contribution in [2.24, 2.45) is 0 Å². The molecular formula is C14H23ClN2O2S. The first-order valence-corrected chi connectivity index (χ1v) is 7.71. The highest BCUT2D eigenvalue weighted by Crippen LogP contribution is 2.34. The topological polar surface area (TPSA) is 41.6 Å². The van der Waals surface area contributed by atoms with Crippen molar-refractivity contribution in [1.29, 1.82) is 0 Å². The minimum Gasteiger partial charge on any atom is -0.383 e. The second kappa shape index (κ2) is 8.62. The number of thiophene rings is 1. The summed E-state index contributed by atoms with van der Waals surface area (Å²) in [6.07, 6.45) is 1.97. The lowest BCUT2D eigenvalue weighted by Crippen LogP contribution is -2.44. The van der Waals surface area contributed by atoms with E-state index < -0.39 is 0 Å². The number of halogens is 1. The number of hydrogen-bond acceptors (Lipinski definition) is 4. The van der Waals surface area contributed by atoms with Crippen molar-refractivity contribution in [3.05, 3.63) is 21.9 Å². The molecule has 6 heteroatoms. The molecule has 0 bridgehead atoms. The van der Waals surface area contributed by atoms with Crippen LogP contribution in [-0.4, -0.2) is 44.2 Å². The van der Waals surface area contributed by atoms with Gasteiger partial charge in [-0.05, 0) is 29.9 Å². The molecule has 1 aromatic heterocycles. The summed E-state index contributed by atoms with van der Waals surface area (Å²) in [7, 11) is 1.67. The second-order valence-electron chi connectivity index (χ2n) is 4.73. The second-order valence-corrected chi connectivity index (χ2v) is 5.73. The van der Waals surface area contributed by atoms with Crippen molar-refractivity contribution < 1.29 is 9.53 Å². The van der Waals surface area contributed by atoms with Crippen LogP contribution >= 0.6 is 23.7 Å². The lowest BCUT2D eigenvalue weighted by atomic mass is 9.98. The first kappa shape index (κ1) is 17.4. The average Bonchev–Trinajstić information content (AvgIpc) is 2.90. The zero-order valence-electron chi connectivity index (χ0n) is 12.1. The van der Waals surface area contributed by atoms with E-state index in [2.05, 4.69) is 23.7 Å². The van der Waals surface area contributed by atoms with E-state index in [9.17, 15) is 4.79 Å². The van der Waals surface area contributed by atoms with Crippen LogP contribution in [0.25, 0.3) is 0 Å². The molecule has 1 unspecified atom stereocenters. The summed E-state index contributed by atoms with van der Waals surface area (Å²) >= 11 is 1.81. The number of carbonyl (C=O) groups excluding carboxylic acids is 1. The van der Waals surface area contributed by atoms with E-state index in [1.54, 1.807) is 7.11 Å². The molecule has 0 saturated carbocycles. The van der Waals surface area contributed by atoms with Gasteiger partial charge in [0.1, 0.15) is 0 Å². The minimum absolute atomic E-state index is 0. The zero-order valence-corrected chi connectivity index (χ0v) is 13.7. The zero-order chi connectivity index (χ0) is 13.7. The smallest absolute Gasteiger partial charge is 0.237 e. The van der Waals surface area contributed by atoms with Gasteiger partial charge < -0.3 is 15.0 Å². The molecule has 1 aliphatic heterocycles. The molecule has 1 aromatic rings. The number of fused-ring (bicyclic) bond motifs is 1. The molecule has 2 heterocycles. The molecular weight excluding hydrogens is 296 g/mol. The van der Waals surface area contributed by atoms with Crippen LogP contribution in [0.2, 0.25) is 0 Å². The molecule has 2 rings (SSSR count). The van der Waals surface area contributed by atoms with Gasteiger partial charge in [-0.3, -0.25) is 4.79 Å². The Hall–Kier alpha value is -0.620. The van der Waals surface area contributed by atoms with Crippen LogP contribution in [-0.2, 0) is 16.0 Å². The predicted octanol–water partition coefficient (Wildman–Crippen LogP) is 2.24. The van der Waals surface area contributed by atoms with Gasteiger partial charge in [0.25, 0.3) is 0 Å². The molecule has 114 valence electrons. The SMILES string of the molecule is CCC1c2ccsc2CCN1C(=O)CNCCOC.Cl. The molecule has 1 atom stereocenters. The van der Waals surface area contributed by atoms with E-state index in [0.29, 0.717) is 13.2 Å². The van der Waals surface area contributed by atoms with Gasteiger partial charge >= 0.3 is 0 Å². The van der Waals surface area contributed by atoms with Gasteiger partial charge in [0, 0.05) is 25.1 Å². The Morgan fingerprint density at radius 1 is 1.60 bits per heavy atom. The van der Waals surface area contributed by atoms with E-state index in [0.717, 1.165) is 25.9 Å². The Kier molecular flexibility index (Phi) is 7.51. The highest BCUT2D eigenvalue weighted by atomic mass is 35.5. The van der Waals surface area contributed by atoms with E-state index in [1.807, 2.05) is 16.2 Å². The van der Waals surface area contributed by atoms with Gasteiger partial charge in [-0.25, -0.2) is 0 Å². The molecule has 0 radical (unpaired) electrons. The Balaban J connectivity index is 0.00000200. The Morgan fingerprint density at radius 3 is 3.10 bits per heavy atom. The van der Waals surface area contributed by atoms with Crippen LogP contribution < -0.4 is 5.32 Å². The van der Waals surface area contributed by atoms with Gasteiger partial charge in [0.15, 0.2) is 0 Å². The minimum atomic E-state index is 0. The van der Waals surface area contributed by atoms with Gasteiger partial charge in [-0.2, -0.15) is 0 Å². The number of hydrogen-bond donors (Lipinski definition) is 1. The monoisotopic (exact) mass is 318 g/mol. The summed E-state index contributed by atoms with van der Waals surface area (Å²) in [6, 6.07) is 2.43. The molecule has 0 saturated heterocycles. The number of nitrogens with one attached hydrogen (secondary N) is 1. The van der Waals surface area contributed by atoms with Crippen LogP contribution in [0.15, 0.2) is 11.4 Å². The summed E-state index contributed by atoms with van der Waals surface area (Å²) in [5.74, 6) is 0.194. The first-order chi connectivity index (χ1) is 9.27. The number of rotatable bonds is 6. The van der Waals surface area contributed by atoms with Crippen molar-refractivity contribution in [3.63, 3.8) is 0 Å². The van der Waals surface area contributed by atoms with Crippen molar-refractivity contribution in [1.82, 2.24) is 10.2 Å². The van der Waals surface area contributed by atoms with E-state index in [1.165, 1.54) is 10.4 Å². The van der Waals surface area contributed by atoms with Gasteiger partial charge in [-0.1, -0.05) is 6.92 Å². The maximum Gasteiger partial charge on any atom is 0.237 e. The molecule has 1 N–H and O–H groups in total. The third kappa shape index (κ3) is 3.95. The lowest BCUT2D eigenvalue weighted by molar-refractivity contribution is -0.133. The van der Waals surface area contributed by atoms with Crippen LogP contribution in [0.5, 0.6) is 0 Å². The van der Waals surface area contributed by atoms with E-state index in [4.69, 9.17) is 4.74 Å². The number of methoxy groups -OCH3 is 1. The lowest BCUT2D eigenvalue weighted by Gasteiger charge is -2.35. The standard InChI is InChI=1S/C14H22N2O2S.ClH/c1-3-12-11-5-9-19-13(11)4-7-16(12)14(17)10-15-6-8-18-2;/h5,9,12,15H,3-4,6-8,10H2,1-2H3;1H. The fourth-order valence-corrected chi connectivity index (χ4v) is 3.53. The Bertz CT molecular complexity index is 425. The third-order valence-corrected chi connectivity index (χ3v) is 4.56. The maximum absolute atomic E-state index is 12.3. The number of nitrogens with zero attached hydrogens (tertiary/aromatic N) is 1. The molecule has 20 heavy (non-hydrogen) atoms. The molecule has 0 aliphatic carbocycles. The summed E-state index contributed by atoms with van der Waals surface area (Å²) in [4.78, 5) is 15.8. The third-order valence-electron chi connectivity index (χ3n) is 3.56. The molecule has 1 amide bonds. The fourth-order valence-electron chi connectivity index (χ4n) is 2.61. The van der Waals surface area contributed by atoms with Gasteiger partial charge in [-0.15, -0.1) is 23.7 Å². The first-order valence-electron chi connectivity index (χ1n) is 6.83. The quantitative estimate of drug-likeness (QED) is 0.818. The number of ether oxygens (including phenoxy) is 1. The van der Waals surface area contributed by atoms with Crippen molar-refractivity contribution in [2.75, 3.05) is 33.4 Å². The summed E-state index contributed by atoms with van der Waals surface area (Å²) < 4.78 is 4.96. The van der Waals surface area contributed by atoms with Gasteiger partial charge in [0.2, 0.25) is 5.91 Å². The normalized spacial score (nSPS) is 17.5. The summed E-state index contributed by atoms with van der Waals surface area (Å²) in [6.45, 7) is 4.75. The predicted molar refractivity (Wildman–Crippen MR) is 84.8 cm³/mol. The van der Waals surface area contributed by atoms with E-state index in [-0.39, 0.29) is 24.4 Å². The van der Waals surface area contributed by atoms with Crippen molar-refractivity contribution in [2.45, 2.75) is 25.8 Å². The summed E-state index contributed by atoms with van der Waals surface area (Å²) in [5.41, 5.74) is 1.35. The largest absolute Gasteiger partial charge is 0.383 e. The molecule has 0 aromatic carbocycles. The van der Waals surface area contributed by atoms with Crippen molar-refractivity contribution >= 4 is 29.7 Å². The average molecular weight is 319 g/mol. The summed E-state index contributed by atoms with van der Waals surface area (Å²) in [5, 5.41) is 5.27. The Morgan fingerprint density at radius 2 is 2.40 bits per heavy atom. The van der Waals surface area contributed by atoms with Crippen LogP contribution in [0.1, 0.15) is 29.8 Å². The van der Waals surface area contributed by atoms with Crippen molar-refractivity contribution in [3.8, 4) is 0 Å². The number of carbonyl (C=O) groups is 1. The molecule has 0 fully saturated rings. The fraction of sp³-hybridized carbons (Fsp3) is 0.643. The highest BCUT2D eigenvalue weighted by molar-refractivity contribution is 7.10. The highest BCUT2D eigenvalue weighted by Gasteiger charge is 2.29. The van der Waals surface area contributed by atoms with Crippen LogP contribution in [0.3, 0.4) is 0 Å². The molecule has 0 spiro atoms. The van der Waals surface area contributed by atoms with E-state index >= 15 is 0 Å².